The molecule has 2 aromatic rings. The molecule has 1 aromatic carbocycles. The minimum absolute atomic E-state index is 0.400. The Bertz CT molecular complexity index is 595. The van der Waals surface area contributed by atoms with E-state index in [1.54, 1.807) is 6.26 Å². The van der Waals surface area contributed by atoms with Gasteiger partial charge in [0, 0.05) is 17.1 Å². The second-order valence-corrected chi connectivity index (χ2v) is 5.69. The minimum atomic E-state index is -0.608. The largest absolute Gasteiger partial charge is 0.468 e. The van der Waals surface area contributed by atoms with E-state index in [0.29, 0.717) is 17.4 Å². The van der Waals surface area contributed by atoms with Crippen LogP contribution in [0.5, 0.6) is 0 Å². The van der Waals surface area contributed by atoms with Crippen LogP contribution in [-0.4, -0.2) is 29.9 Å². The number of ether oxygens (including phenoxy) is 1. The molecule has 2 N–H and O–H groups in total. The number of carbonyl (C=O) groups excluding carboxylic acids is 1. The van der Waals surface area contributed by atoms with E-state index in [1.807, 2.05) is 31.2 Å². The van der Waals surface area contributed by atoms with Crippen LogP contribution in [0.25, 0.3) is 11.5 Å². The van der Waals surface area contributed by atoms with Crippen molar-refractivity contribution in [2.75, 3.05) is 12.9 Å². The molecule has 1 unspecified atom stereocenters. The number of aromatic nitrogens is 1. The average Bonchev–Trinajstić information content (AvgIpc) is 2.95. The van der Waals surface area contributed by atoms with Gasteiger partial charge in [-0.3, -0.25) is 4.79 Å². The van der Waals surface area contributed by atoms with Gasteiger partial charge in [0.25, 0.3) is 0 Å². The van der Waals surface area contributed by atoms with Gasteiger partial charge in [0.15, 0.2) is 0 Å². The second kappa shape index (κ2) is 7.28. The SMILES string of the molecule is COC(=O)C(N)CSCc1coc(-c2ccc(C)cc2)n1. The Hall–Kier alpha value is -1.79. The number of thioether (sulfide) groups is 1. The van der Waals surface area contributed by atoms with Gasteiger partial charge < -0.3 is 14.9 Å². The van der Waals surface area contributed by atoms with Crippen LogP contribution in [0.3, 0.4) is 0 Å². The van der Waals surface area contributed by atoms with E-state index in [1.165, 1.54) is 24.4 Å². The number of carbonyl (C=O) groups is 1. The number of hydrogen-bond acceptors (Lipinski definition) is 6. The van der Waals surface area contributed by atoms with Crippen molar-refractivity contribution in [1.29, 1.82) is 0 Å². The first-order valence-corrected chi connectivity index (χ1v) is 7.68. The maximum absolute atomic E-state index is 11.2. The Balaban J connectivity index is 1.89. The summed E-state index contributed by atoms with van der Waals surface area (Å²) in [5, 5.41) is 0. The summed E-state index contributed by atoms with van der Waals surface area (Å²) in [4.78, 5) is 15.6. The van der Waals surface area contributed by atoms with E-state index in [9.17, 15) is 4.79 Å². The van der Waals surface area contributed by atoms with Crippen molar-refractivity contribution >= 4 is 17.7 Å². The van der Waals surface area contributed by atoms with Crippen molar-refractivity contribution in [2.24, 2.45) is 5.73 Å². The summed E-state index contributed by atoms with van der Waals surface area (Å²) < 4.78 is 10.0. The molecular formula is C15H18N2O3S. The van der Waals surface area contributed by atoms with Gasteiger partial charge in [-0.05, 0) is 19.1 Å². The van der Waals surface area contributed by atoms with Gasteiger partial charge in [0.1, 0.15) is 12.3 Å². The number of methoxy groups -OCH3 is 1. The van der Waals surface area contributed by atoms with Crippen LogP contribution in [-0.2, 0) is 15.3 Å². The van der Waals surface area contributed by atoms with Crippen molar-refractivity contribution in [3.63, 3.8) is 0 Å². The van der Waals surface area contributed by atoms with Crippen molar-refractivity contribution in [3.8, 4) is 11.5 Å². The molecule has 1 heterocycles. The van der Waals surface area contributed by atoms with Crippen molar-refractivity contribution < 1.29 is 13.9 Å². The first-order valence-electron chi connectivity index (χ1n) is 6.52. The molecule has 0 fully saturated rings. The summed E-state index contributed by atoms with van der Waals surface area (Å²) in [5.74, 6) is 1.32. The van der Waals surface area contributed by atoms with E-state index in [2.05, 4.69) is 9.72 Å². The van der Waals surface area contributed by atoms with E-state index in [-0.39, 0.29) is 0 Å². The van der Waals surface area contributed by atoms with E-state index >= 15 is 0 Å². The predicted octanol–water partition coefficient (Wildman–Crippen LogP) is 2.38. The van der Waals surface area contributed by atoms with Gasteiger partial charge in [0.2, 0.25) is 5.89 Å². The molecule has 1 atom stereocenters. The van der Waals surface area contributed by atoms with Crippen LogP contribution in [0.1, 0.15) is 11.3 Å². The summed E-state index contributed by atoms with van der Waals surface area (Å²) in [6, 6.07) is 7.38. The molecule has 21 heavy (non-hydrogen) atoms. The lowest BCUT2D eigenvalue weighted by molar-refractivity contribution is -0.141. The van der Waals surface area contributed by atoms with Crippen LogP contribution >= 0.6 is 11.8 Å². The fourth-order valence-corrected chi connectivity index (χ4v) is 2.56. The highest BCUT2D eigenvalue weighted by atomic mass is 32.2. The number of nitrogens with zero attached hydrogens (tertiary/aromatic N) is 1. The molecular weight excluding hydrogens is 288 g/mol. The lowest BCUT2D eigenvalue weighted by atomic mass is 10.1. The molecule has 0 radical (unpaired) electrons. The maximum atomic E-state index is 11.2. The lowest BCUT2D eigenvalue weighted by Crippen LogP contribution is -2.33. The summed E-state index contributed by atoms with van der Waals surface area (Å²) in [6.07, 6.45) is 1.63. The average molecular weight is 306 g/mol. The number of hydrogen-bond donors (Lipinski definition) is 1. The monoisotopic (exact) mass is 306 g/mol. The number of oxazole rings is 1. The van der Waals surface area contributed by atoms with E-state index in [0.717, 1.165) is 11.3 Å². The molecule has 0 bridgehead atoms. The Morgan fingerprint density at radius 2 is 2.14 bits per heavy atom. The number of rotatable bonds is 6. The Labute approximate surface area is 127 Å². The smallest absolute Gasteiger partial charge is 0.323 e. The van der Waals surface area contributed by atoms with Crippen LogP contribution in [0.2, 0.25) is 0 Å². The van der Waals surface area contributed by atoms with Gasteiger partial charge in [-0.25, -0.2) is 4.98 Å². The van der Waals surface area contributed by atoms with Crippen molar-refractivity contribution in [3.05, 3.63) is 41.8 Å². The standard InChI is InChI=1S/C15H18N2O3S/c1-10-3-5-11(6-4-10)14-17-12(7-20-14)8-21-9-13(16)15(18)19-2/h3-7,13H,8-9,16H2,1-2H3. The molecule has 0 aliphatic carbocycles. The third kappa shape index (κ3) is 4.34. The molecule has 0 spiro atoms. The topological polar surface area (TPSA) is 78.4 Å². The molecule has 1 aromatic heterocycles. The molecule has 5 nitrogen and oxygen atoms in total. The van der Waals surface area contributed by atoms with Gasteiger partial charge in [0.05, 0.1) is 12.8 Å². The molecule has 2 rings (SSSR count). The predicted molar refractivity (Wildman–Crippen MR) is 82.8 cm³/mol. The van der Waals surface area contributed by atoms with E-state index < -0.39 is 12.0 Å². The summed E-state index contributed by atoms with van der Waals surface area (Å²) in [6.45, 7) is 2.03. The van der Waals surface area contributed by atoms with Gasteiger partial charge in [-0.2, -0.15) is 11.8 Å². The number of benzene rings is 1. The van der Waals surface area contributed by atoms with E-state index in [4.69, 9.17) is 10.2 Å². The fraction of sp³-hybridized carbons (Fsp3) is 0.333. The Morgan fingerprint density at radius 3 is 2.81 bits per heavy atom. The Kier molecular flexibility index (Phi) is 5.41. The first-order chi connectivity index (χ1) is 10.1. The summed E-state index contributed by atoms with van der Waals surface area (Å²) in [7, 11) is 1.33. The number of nitrogens with two attached hydrogens (primary N) is 1. The second-order valence-electron chi connectivity index (χ2n) is 4.65. The molecule has 0 saturated heterocycles. The van der Waals surface area contributed by atoms with Gasteiger partial charge >= 0.3 is 5.97 Å². The summed E-state index contributed by atoms with van der Waals surface area (Å²) in [5.41, 5.74) is 8.63. The van der Waals surface area contributed by atoms with Crippen molar-refractivity contribution in [2.45, 2.75) is 18.7 Å². The quantitative estimate of drug-likeness (QED) is 0.826. The highest BCUT2D eigenvalue weighted by Crippen LogP contribution is 2.21. The van der Waals surface area contributed by atoms with Crippen LogP contribution in [0.15, 0.2) is 34.9 Å². The molecule has 0 amide bonds. The third-order valence-electron chi connectivity index (χ3n) is 2.90. The zero-order valence-electron chi connectivity index (χ0n) is 12.0. The fourth-order valence-electron chi connectivity index (χ4n) is 1.71. The van der Waals surface area contributed by atoms with Gasteiger partial charge in [-0.15, -0.1) is 0 Å². The third-order valence-corrected chi connectivity index (χ3v) is 4.00. The molecule has 0 saturated carbocycles. The molecule has 112 valence electrons. The first kappa shape index (κ1) is 15.6. The summed E-state index contributed by atoms with van der Waals surface area (Å²) >= 11 is 1.52. The molecule has 0 aliphatic heterocycles. The number of aryl methyl sites for hydroxylation is 1. The number of esters is 1. The maximum Gasteiger partial charge on any atom is 0.323 e. The molecule has 6 heteroatoms. The highest BCUT2D eigenvalue weighted by molar-refractivity contribution is 7.98. The van der Waals surface area contributed by atoms with Crippen LogP contribution < -0.4 is 5.73 Å². The van der Waals surface area contributed by atoms with Crippen LogP contribution in [0.4, 0.5) is 0 Å². The van der Waals surface area contributed by atoms with Crippen LogP contribution in [0, 0.1) is 6.92 Å². The van der Waals surface area contributed by atoms with Gasteiger partial charge in [-0.1, -0.05) is 17.7 Å². The Morgan fingerprint density at radius 1 is 1.43 bits per heavy atom. The molecule has 0 aliphatic rings. The normalized spacial score (nSPS) is 12.1. The van der Waals surface area contributed by atoms with Crippen molar-refractivity contribution in [1.82, 2.24) is 4.98 Å². The zero-order valence-corrected chi connectivity index (χ0v) is 12.9. The zero-order chi connectivity index (χ0) is 15.2. The highest BCUT2D eigenvalue weighted by Gasteiger charge is 2.14. The minimum Gasteiger partial charge on any atom is -0.468 e. The lowest BCUT2D eigenvalue weighted by Gasteiger charge is -2.07.